The van der Waals surface area contributed by atoms with Gasteiger partial charge in [-0.25, -0.2) is 4.98 Å². The maximum Gasteiger partial charge on any atom is 0.128 e. The Labute approximate surface area is 79.8 Å². The molecule has 3 heteroatoms. The summed E-state index contributed by atoms with van der Waals surface area (Å²) in [5.41, 5.74) is 1.28. The summed E-state index contributed by atoms with van der Waals surface area (Å²) in [5, 5.41) is 3.28. The van der Waals surface area contributed by atoms with Crippen LogP contribution in [0.2, 0.25) is 0 Å². The minimum atomic E-state index is 0.917. The quantitative estimate of drug-likeness (QED) is 0.754. The third-order valence-corrected chi connectivity index (χ3v) is 1.85. The Morgan fingerprint density at radius 2 is 2.23 bits per heavy atom. The third kappa shape index (κ3) is 3.03. The van der Waals surface area contributed by atoms with E-state index in [2.05, 4.69) is 23.3 Å². The van der Waals surface area contributed by atoms with Crippen LogP contribution < -0.4 is 10.2 Å². The van der Waals surface area contributed by atoms with Gasteiger partial charge < -0.3 is 10.2 Å². The fourth-order valence-corrected chi connectivity index (χ4v) is 1.08. The fraction of sp³-hybridized carbons (Fsp3) is 0.500. The van der Waals surface area contributed by atoms with Crippen LogP contribution >= 0.6 is 0 Å². The molecule has 1 aromatic rings. The summed E-state index contributed by atoms with van der Waals surface area (Å²) in [5.74, 6) is 1.01. The summed E-state index contributed by atoms with van der Waals surface area (Å²) >= 11 is 0. The van der Waals surface area contributed by atoms with Crippen molar-refractivity contribution in [1.82, 2.24) is 10.3 Å². The number of hydrogen-bond donors (Lipinski definition) is 1. The van der Waals surface area contributed by atoms with Crippen LogP contribution in [0.15, 0.2) is 18.3 Å². The Kier molecular flexibility index (Phi) is 3.71. The molecule has 0 radical (unpaired) electrons. The number of pyridine rings is 1. The van der Waals surface area contributed by atoms with Crippen molar-refractivity contribution >= 4 is 5.82 Å². The second-order valence-electron chi connectivity index (χ2n) is 3.20. The van der Waals surface area contributed by atoms with Gasteiger partial charge in [-0.3, -0.25) is 0 Å². The molecule has 0 saturated carbocycles. The van der Waals surface area contributed by atoms with Gasteiger partial charge >= 0.3 is 0 Å². The zero-order chi connectivity index (χ0) is 9.68. The summed E-state index contributed by atoms with van der Waals surface area (Å²) in [6.45, 7) is 4.02. The van der Waals surface area contributed by atoms with E-state index in [1.807, 2.05) is 31.3 Å². The van der Waals surface area contributed by atoms with Crippen molar-refractivity contribution in [2.75, 3.05) is 25.5 Å². The Balaban J connectivity index is 2.68. The first-order chi connectivity index (χ1) is 6.24. The molecule has 0 aromatic carbocycles. The second-order valence-corrected chi connectivity index (χ2v) is 3.20. The molecule has 0 fully saturated rings. The van der Waals surface area contributed by atoms with E-state index in [0.717, 1.165) is 18.9 Å². The van der Waals surface area contributed by atoms with Crippen LogP contribution in [0.4, 0.5) is 5.82 Å². The van der Waals surface area contributed by atoms with E-state index in [4.69, 9.17) is 0 Å². The highest BCUT2D eigenvalue weighted by Gasteiger charge is 1.97. The molecule has 0 amide bonds. The maximum atomic E-state index is 4.25. The molecule has 13 heavy (non-hydrogen) atoms. The SMILES string of the molecule is CCNCc1ccnc(N(C)C)c1. The van der Waals surface area contributed by atoms with Crippen molar-refractivity contribution in [2.24, 2.45) is 0 Å². The number of rotatable bonds is 4. The molecule has 0 aliphatic rings. The molecule has 1 rings (SSSR count). The number of hydrogen-bond acceptors (Lipinski definition) is 3. The number of nitrogens with zero attached hydrogens (tertiary/aromatic N) is 2. The topological polar surface area (TPSA) is 28.2 Å². The predicted octanol–water partition coefficient (Wildman–Crippen LogP) is 1.26. The van der Waals surface area contributed by atoms with E-state index in [1.54, 1.807) is 0 Å². The van der Waals surface area contributed by atoms with E-state index in [0.29, 0.717) is 0 Å². The van der Waals surface area contributed by atoms with Crippen LogP contribution in [-0.2, 0) is 6.54 Å². The van der Waals surface area contributed by atoms with Gasteiger partial charge in [0.25, 0.3) is 0 Å². The molecule has 1 N–H and O–H groups in total. The summed E-state index contributed by atoms with van der Waals surface area (Å²) in [4.78, 5) is 6.25. The zero-order valence-electron chi connectivity index (χ0n) is 8.54. The Morgan fingerprint density at radius 3 is 2.85 bits per heavy atom. The van der Waals surface area contributed by atoms with Gasteiger partial charge in [-0.05, 0) is 24.2 Å². The Bertz CT molecular complexity index is 258. The molecule has 0 bridgehead atoms. The average Bonchev–Trinajstić information content (AvgIpc) is 2.15. The van der Waals surface area contributed by atoms with Crippen molar-refractivity contribution in [3.8, 4) is 0 Å². The highest BCUT2D eigenvalue weighted by atomic mass is 15.1. The molecule has 1 heterocycles. The van der Waals surface area contributed by atoms with Crippen LogP contribution in [0.1, 0.15) is 12.5 Å². The van der Waals surface area contributed by atoms with Crippen molar-refractivity contribution in [2.45, 2.75) is 13.5 Å². The molecule has 1 aromatic heterocycles. The summed E-state index contributed by atoms with van der Waals surface area (Å²) in [6.07, 6.45) is 1.85. The van der Waals surface area contributed by atoms with Crippen molar-refractivity contribution < 1.29 is 0 Å². The average molecular weight is 179 g/mol. The van der Waals surface area contributed by atoms with E-state index in [1.165, 1.54) is 5.56 Å². The smallest absolute Gasteiger partial charge is 0.128 e. The summed E-state index contributed by atoms with van der Waals surface area (Å²) < 4.78 is 0. The van der Waals surface area contributed by atoms with Gasteiger partial charge in [0, 0.05) is 26.8 Å². The standard InChI is InChI=1S/C10H17N3/c1-4-11-8-9-5-6-12-10(7-9)13(2)3/h5-7,11H,4,8H2,1-3H3. The second kappa shape index (κ2) is 4.82. The first kappa shape index (κ1) is 9.99. The van der Waals surface area contributed by atoms with Gasteiger partial charge in [0.1, 0.15) is 5.82 Å². The first-order valence-electron chi connectivity index (χ1n) is 4.57. The van der Waals surface area contributed by atoms with Crippen molar-refractivity contribution in [1.29, 1.82) is 0 Å². The third-order valence-electron chi connectivity index (χ3n) is 1.85. The van der Waals surface area contributed by atoms with Crippen molar-refractivity contribution in [3.63, 3.8) is 0 Å². The summed E-state index contributed by atoms with van der Waals surface area (Å²) in [6, 6.07) is 4.14. The highest BCUT2D eigenvalue weighted by molar-refractivity contribution is 5.38. The number of aromatic nitrogens is 1. The predicted molar refractivity (Wildman–Crippen MR) is 55.9 cm³/mol. The molecule has 0 atom stereocenters. The summed E-state index contributed by atoms with van der Waals surface area (Å²) in [7, 11) is 4.00. The number of anilines is 1. The molecule has 3 nitrogen and oxygen atoms in total. The van der Waals surface area contributed by atoms with E-state index in [-0.39, 0.29) is 0 Å². The van der Waals surface area contributed by atoms with Gasteiger partial charge in [0.15, 0.2) is 0 Å². The molecular formula is C10H17N3. The molecule has 0 unspecified atom stereocenters. The first-order valence-corrected chi connectivity index (χ1v) is 4.57. The van der Waals surface area contributed by atoms with Crippen LogP contribution in [0, 0.1) is 0 Å². The maximum absolute atomic E-state index is 4.25. The van der Waals surface area contributed by atoms with Gasteiger partial charge in [0.05, 0.1) is 0 Å². The lowest BCUT2D eigenvalue weighted by molar-refractivity contribution is 0.725. The molecule has 0 aliphatic heterocycles. The molecule has 0 spiro atoms. The van der Waals surface area contributed by atoms with Crippen LogP contribution in [0.5, 0.6) is 0 Å². The van der Waals surface area contributed by atoms with Gasteiger partial charge in [-0.2, -0.15) is 0 Å². The van der Waals surface area contributed by atoms with Crippen LogP contribution in [-0.4, -0.2) is 25.6 Å². The fourth-order valence-electron chi connectivity index (χ4n) is 1.08. The molecule has 0 saturated heterocycles. The minimum absolute atomic E-state index is 0.917. The molecule has 0 aliphatic carbocycles. The zero-order valence-corrected chi connectivity index (χ0v) is 8.54. The van der Waals surface area contributed by atoms with Crippen LogP contribution in [0.3, 0.4) is 0 Å². The van der Waals surface area contributed by atoms with E-state index < -0.39 is 0 Å². The lowest BCUT2D eigenvalue weighted by Gasteiger charge is -2.12. The number of nitrogens with one attached hydrogen (secondary N) is 1. The monoisotopic (exact) mass is 179 g/mol. The lowest BCUT2D eigenvalue weighted by atomic mass is 10.2. The minimum Gasteiger partial charge on any atom is -0.363 e. The van der Waals surface area contributed by atoms with Crippen LogP contribution in [0.25, 0.3) is 0 Å². The largest absolute Gasteiger partial charge is 0.363 e. The van der Waals surface area contributed by atoms with E-state index in [9.17, 15) is 0 Å². The Morgan fingerprint density at radius 1 is 1.46 bits per heavy atom. The van der Waals surface area contributed by atoms with Gasteiger partial charge in [0.2, 0.25) is 0 Å². The highest BCUT2D eigenvalue weighted by Crippen LogP contribution is 2.08. The molecular weight excluding hydrogens is 162 g/mol. The van der Waals surface area contributed by atoms with Gasteiger partial charge in [-0.1, -0.05) is 6.92 Å². The normalized spacial score (nSPS) is 10.1. The lowest BCUT2D eigenvalue weighted by Crippen LogP contribution is -2.14. The molecule has 72 valence electrons. The van der Waals surface area contributed by atoms with Gasteiger partial charge in [-0.15, -0.1) is 0 Å². The van der Waals surface area contributed by atoms with Crippen molar-refractivity contribution in [3.05, 3.63) is 23.9 Å². The van der Waals surface area contributed by atoms with E-state index >= 15 is 0 Å². The Hall–Kier alpha value is -1.09.